The first-order valence-corrected chi connectivity index (χ1v) is 6.40. The van der Waals surface area contributed by atoms with Crippen LogP contribution in [0.3, 0.4) is 0 Å². The maximum atomic E-state index is 5.98. The summed E-state index contributed by atoms with van der Waals surface area (Å²) in [6.45, 7) is 4.50. The molecular weight excluding hydrogens is 299 g/mol. The van der Waals surface area contributed by atoms with Crippen LogP contribution in [-0.4, -0.2) is 5.54 Å². The Balaban J connectivity index is 2.16. The molecule has 3 heteroatoms. The van der Waals surface area contributed by atoms with Gasteiger partial charge in [0.1, 0.15) is 0 Å². The maximum Gasteiger partial charge on any atom is 0.0578 e. The van der Waals surface area contributed by atoms with Gasteiger partial charge in [-0.15, -0.1) is 0 Å². The molecule has 0 aromatic heterocycles. The first kappa shape index (κ1) is 11.0. The third kappa shape index (κ3) is 2.56. The van der Waals surface area contributed by atoms with Crippen molar-refractivity contribution in [1.82, 2.24) is 0 Å². The molecule has 3 N–H and O–H groups in total. The van der Waals surface area contributed by atoms with Crippen molar-refractivity contribution in [2.45, 2.75) is 32.2 Å². The summed E-state index contributed by atoms with van der Waals surface area (Å²) < 4.78 is 1.18. The molecule has 1 aliphatic rings. The zero-order valence-corrected chi connectivity index (χ0v) is 11.3. The number of hydrogen-bond donors (Lipinski definition) is 2. The predicted molar refractivity (Wildman–Crippen MR) is 74.0 cm³/mol. The van der Waals surface area contributed by atoms with E-state index in [-0.39, 0.29) is 5.54 Å². The van der Waals surface area contributed by atoms with Crippen LogP contribution in [0.1, 0.15) is 26.7 Å². The van der Waals surface area contributed by atoms with Crippen LogP contribution in [-0.2, 0) is 0 Å². The quantitative estimate of drug-likeness (QED) is 0.662. The number of rotatable bonds is 3. The molecule has 1 saturated carbocycles. The smallest absolute Gasteiger partial charge is 0.0578 e. The summed E-state index contributed by atoms with van der Waals surface area (Å²) >= 11 is 2.28. The number of benzene rings is 1. The largest absolute Gasteiger partial charge is 0.397 e. The molecule has 0 aliphatic heterocycles. The normalized spacial score (nSPS) is 16.5. The van der Waals surface area contributed by atoms with E-state index in [0.29, 0.717) is 0 Å². The van der Waals surface area contributed by atoms with Crippen molar-refractivity contribution in [3.63, 3.8) is 0 Å². The van der Waals surface area contributed by atoms with Crippen LogP contribution in [0, 0.1) is 9.49 Å². The molecule has 1 aromatic rings. The van der Waals surface area contributed by atoms with E-state index in [1.165, 1.54) is 16.4 Å². The Morgan fingerprint density at radius 1 is 1.40 bits per heavy atom. The second-order valence-corrected chi connectivity index (χ2v) is 6.10. The lowest BCUT2D eigenvalue weighted by molar-refractivity contribution is 0.495. The minimum absolute atomic E-state index is 0.168. The van der Waals surface area contributed by atoms with Crippen molar-refractivity contribution >= 4 is 34.0 Å². The highest BCUT2D eigenvalue weighted by Gasteiger charge is 2.37. The summed E-state index contributed by atoms with van der Waals surface area (Å²) in [7, 11) is 0. The number of nitrogens with two attached hydrogens (primary N) is 1. The summed E-state index contributed by atoms with van der Waals surface area (Å²) in [6.07, 6.45) is 2.68. The van der Waals surface area contributed by atoms with E-state index in [2.05, 4.69) is 53.9 Å². The van der Waals surface area contributed by atoms with Crippen molar-refractivity contribution in [2.75, 3.05) is 11.1 Å². The van der Waals surface area contributed by atoms with Gasteiger partial charge in [-0.05, 0) is 73.4 Å². The minimum atomic E-state index is 0.168. The lowest BCUT2D eigenvalue weighted by Gasteiger charge is -2.28. The molecule has 2 rings (SSSR count). The summed E-state index contributed by atoms with van der Waals surface area (Å²) in [5, 5.41) is 3.55. The van der Waals surface area contributed by atoms with Gasteiger partial charge in [0.25, 0.3) is 0 Å². The average Bonchev–Trinajstić information content (AvgIpc) is 2.92. The van der Waals surface area contributed by atoms with Crippen molar-refractivity contribution in [3.8, 4) is 0 Å². The highest BCUT2D eigenvalue weighted by atomic mass is 127. The molecule has 2 nitrogen and oxygen atoms in total. The van der Waals surface area contributed by atoms with Gasteiger partial charge in [0, 0.05) is 9.11 Å². The van der Waals surface area contributed by atoms with Gasteiger partial charge >= 0.3 is 0 Å². The molecule has 0 radical (unpaired) electrons. The van der Waals surface area contributed by atoms with Crippen LogP contribution in [0.2, 0.25) is 0 Å². The van der Waals surface area contributed by atoms with Crippen LogP contribution < -0.4 is 11.1 Å². The summed E-state index contributed by atoms with van der Waals surface area (Å²) in [6, 6.07) is 6.16. The Morgan fingerprint density at radius 2 is 2.07 bits per heavy atom. The zero-order valence-electron chi connectivity index (χ0n) is 9.18. The Kier molecular flexibility index (Phi) is 2.83. The fourth-order valence-electron chi connectivity index (χ4n) is 1.90. The highest BCUT2D eigenvalue weighted by molar-refractivity contribution is 14.1. The first-order valence-electron chi connectivity index (χ1n) is 5.32. The van der Waals surface area contributed by atoms with Gasteiger partial charge in [0.15, 0.2) is 0 Å². The molecule has 15 heavy (non-hydrogen) atoms. The maximum absolute atomic E-state index is 5.98. The van der Waals surface area contributed by atoms with E-state index in [1.807, 2.05) is 6.07 Å². The number of nitrogen functional groups attached to an aromatic ring is 1. The molecule has 0 spiro atoms. The Morgan fingerprint density at radius 3 is 2.60 bits per heavy atom. The van der Waals surface area contributed by atoms with Gasteiger partial charge in [0.05, 0.1) is 11.4 Å². The molecule has 0 bridgehead atoms. The van der Waals surface area contributed by atoms with Crippen LogP contribution in [0.4, 0.5) is 11.4 Å². The minimum Gasteiger partial charge on any atom is -0.397 e. The van der Waals surface area contributed by atoms with E-state index in [1.54, 1.807) is 0 Å². The average molecular weight is 316 g/mol. The SMILES string of the molecule is CC(C)(Nc1ccc(I)cc1N)C1CC1. The van der Waals surface area contributed by atoms with E-state index in [9.17, 15) is 0 Å². The Labute approximate surface area is 105 Å². The lowest BCUT2D eigenvalue weighted by Crippen LogP contribution is -2.33. The fraction of sp³-hybridized carbons (Fsp3) is 0.500. The van der Waals surface area contributed by atoms with Crippen LogP contribution >= 0.6 is 22.6 Å². The molecule has 82 valence electrons. The number of anilines is 2. The molecular formula is C12H17IN2. The van der Waals surface area contributed by atoms with Gasteiger partial charge in [-0.3, -0.25) is 0 Å². The van der Waals surface area contributed by atoms with E-state index < -0.39 is 0 Å². The van der Waals surface area contributed by atoms with Gasteiger partial charge in [-0.2, -0.15) is 0 Å². The number of hydrogen-bond acceptors (Lipinski definition) is 2. The summed E-state index contributed by atoms with van der Waals surface area (Å²) in [5.74, 6) is 0.802. The molecule has 1 aliphatic carbocycles. The van der Waals surface area contributed by atoms with Gasteiger partial charge in [-0.1, -0.05) is 0 Å². The second kappa shape index (κ2) is 3.85. The topological polar surface area (TPSA) is 38.0 Å². The molecule has 0 atom stereocenters. The molecule has 0 heterocycles. The first-order chi connectivity index (χ1) is 6.99. The van der Waals surface area contributed by atoms with Crippen molar-refractivity contribution in [1.29, 1.82) is 0 Å². The fourth-order valence-corrected chi connectivity index (χ4v) is 2.42. The Bertz CT molecular complexity index is 370. The van der Waals surface area contributed by atoms with E-state index in [0.717, 1.165) is 17.3 Å². The summed E-state index contributed by atoms with van der Waals surface area (Å²) in [4.78, 5) is 0. The third-order valence-corrected chi connectivity index (χ3v) is 3.74. The molecule has 1 fully saturated rings. The molecule has 0 unspecified atom stereocenters. The van der Waals surface area contributed by atoms with Crippen molar-refractivity contribution in [2.24, 2.45) is 5.92 Å². The zero-order chi connectivity index (χ0) is 11.1. The monoisotopic (exact) mass is 316 g/mol. The van der Waals surface area contributed by atoms with Crippen LogP contribution in [0.15, 0.2) is 18.2 Å². The lowest BCUT2D eigenvalue weighted by atomic mass is 9.98. The Hall–Kier alpha value is -0.450. The molecule has 0 amide bonds. The van der Waals surface area contributed by atoms with Crippen molar-refractivity contribution < 1.29 is 0 Å². The summed E-state index contributed by atoms with van der Waals surface area (Å²) in [5.41, 5.74) is 8.05. The van der Waals surface area contributed by atoms with Gasteiger partial charge in [-0.25, -0.2) is 0 Å². The second-order valence-electron chi connectivity index (χ2n) is 4.85. The van der Waals surface area contributed by atoms with Crippen LogP contribution in [0.5, 0.6) is 0 Å². The van der Waals surface area contributed by atoms with Crippen LogP contribution in [0.25, 0.3) is 0 Å². The van der Waals surface area contributed by atoms with E-state index >= 15 is 0 Å². The standard InChI is InChI=1S/C12H17IN2/c1-12(2,8-3-4-8)15-11-6-5-9(13)7-10(11)14/h5-8,15H,3-4,14H2,1-2H3. The van der Waals surface area contributed by atoms with Crippen molar-refractivity contribution in [3.05, 3.63) is 21.8 Å². The molecule has 1 aromatic carbocycles. The molecule has 0 saturated heterocycles. The van der Waals surface area contributed by atoms with Gasteiger partial charge < -0.3 is 11.1 Å². The predicted octanol–water partition coefficient (Wildman–Crippen LogP) is 3.47. The van der Waals surface area contributed by atoms with Gasteiger partial charge in [0.2, 0.25) is 0 Å². The third-order valence-electron chi connectivity index (χ3n) is 3.07. The number of nitrogens with one attached hydrogen (secondary N) is 1. The highest BCUT2D eigenvalue weighted by Crippen LogP contribution is 2.41. The number of halogens is 1. The van der Waals surface area contributed by atoms with E-state index in [4.69, 9.17) is 5.73 Å².